The minimum absolute atomic E-state index is 0.00528. The molecule has 1 fully saturated rings. The molecule has 2 N–H and O–H groups in total. The first-order valence-corrected chi connectivity index (χ1v) is 33.8. The number of cyclic esters (lactones) is 2. The van der Waals surface area contributed by atoms with Crippen LogP contribution in [0, 0.1) is 11.3 Å². The fraction of sp³-hybridized carbons (Fsp3) is 0.941. The number of esters is 2. The van der Waals surface area contributed by atoms with Crippen molar-refractivity contribution in [3.63, 3.8) is 0 Å². The Labute approximate surface area is 462 Å². The summed E-state index contributed by atoms with van der Waals surface area (Å²) < 4.78 is 10.6. The highest BCUT2D eigenvalue weighted by Gasteiger charge is 2.36. The van der Waals surface area contributed by atoms with E-state index in [2.05, 4.69) is 19.1 Å². The lowest BCUT2D eigenvalue weighted by atomic mass is 9.92. The maximum Gasteiger partial charge on any atom is 0.309 e. The van der Waals surface area contributed by atoms with Crippen LogP contribution in [0.15, 0.2) is 12.2 Å². The van der Waals surface area contributed by atoms with Gasteiger partial charge in [0.05, 0.1) is 31.0 Å². The van der Waals surface area contributed by atoms with Crippen molar-refractivity contribution in [2.24, 2.45) is 11.3 Å². The first-order chi connectivity index (χ1) is 36.6. The summed E-state index contributed by atoms with van der Waals surface area (Å²) in [6.45, 7) is 1.18. The Morgan fingerprint density at radius 1 is 0.351 bits per heavy atom. The second kappa shape index (κ2) is 57.8. The van der Waals surface area contributed by atoms with Gasteiger partial charge in [-0.3, -0.25) is 9.59 Å². The number of carbonyl (C=O) groups excluding carboxylic acids is 2. The number of hydrogen-bond acceptors (Lipinski definition) is 6. The lowest BCUT2D eigenvalue weighted by Crippen LogP contribution is -2.40. The molecule has 74 heavy (non-hydrogen) atoms. The van der Waals surface area contributed by atoms with E-state index in [9.17, 15) is 19.8 Å². The van der Waals surface area contributed by atoms with E-state index in [1.165, 1.54) is 334 Å². The first kappa shape index (κ1) is 70.6. The molecule has 6 nitrogen and oxygen atoms in total. The van der Waals surface area contributed by atoms with E-state index < -0.39 is 36.5 Å². The van der Waals surface area contributed by atoms with Crippen LogP contribution in [0.3, 0.4) is 0 Å². The predicted octanol–water partition coefficient (Wildman–Crippen LogP) is 21.5. The van der Waals surface area contributed by atoms with Crippen LogP contribution in [0.2, 0.25) is 0 Å². The van der Waals surface area contributed by atoms with Gasteiger partial charge in [0.1, 0.15) is 13.2 Å². The van der Waals surface area contributed by atoms with Crippen molar-refractivity contribution in [3.8, 4) is 0 Å². The molecule has 0 spiro atoms. The molecule has 0 aromatic rings. The van der Waals surface area contributed by atoms with Crippen LogP contribution in [0.1, 0.15) is 373 Å². The van der Waals surface area contributed by atoms with Crippen LogP contribution in [0.25, 0.3) is 0 Å². The van der Waals surface area contributed by atoms with Crippen LogP contribution >= 0.6 is 0 Å². The fourth-order valence-corrected chi connectivity index (χ4v) is 11.3. The van der Waals surface area contributed by atoms with E-state index in [0.29, 0.717) is 6.42 Å². The third kappa shape index (κ3) is 48.9. The highest BCUT2D eigenvalue weighted by Crippen LogP contribution is 2.25. The van der Waals surface area contributed by atoms with Gasteiger partial charge >= 0.3 is 11.9 Å². The van der Waals surface area contributed by atoms with Gasteiger partial charge < -0.3 is 19.7 Å². The van der Waals surface area contributed by atoms with E-state index in [4.69, 9.17) is 9.47 Å². The lowest BCUT2D eigenvalue weighted by Gasteiger charge is -2.27. The molecule has 0 saturated carbocycles. The van der Waals surface area contributed by atoms with Crippen molar-refractivity contribution in [3.05, 3.63) is 12.2 Å². The second-order valence-electron chi connectivity index (χ2n) is 24.2. The number of rotatable bonds is 59. The zero-order chi connectivity index (χ0) is 53.2. The standard InChI is InChI=1S/C68H130O6/c1-2-3-4-5-6-7-8-9-10-11-12-13-14-15-16-17-18-19-20-21-22-23-24-25-26-27-28-29-30-31-32-33-34-35-36-37-38-39-40-41-42-43-44-45-46-47-48-49-50-51-52-53-54-55-56-57-58-59-65-60-66(71)73-63-68(61-69,62-70)64-74-67(65)72/h5-6,65,69-70H,2-4,7-64H2,1H3/b6-5+. The Morgan fingerprint density at radius 2 is 0.581 bits per heavy atom. The van der Waals surface area contributed by atoms with Crippen molar-refractivity contribution in [2.75, 3.05) is 26.4 Å². The summed E-state index contributed by atoms with van der Waals surface area (Å²) in [5, 5.41) is 19.2. The van der Waals surface area contributed by atoms with Crippen LogP contribution in [-0.4, -0.2) is 48.6 Å². The molecule has 1 heterocycles. The zero-order valence-corrected chi connectivity index (χ0v) is 49.9. The number of unbranched alkanes of at least 4 members (excludes halogenated alkanes) is 53. The summed E-state index contributed by atoms with van der Waals surface area (Å²) in [7, 11) is 0. The van der Waals surface area contributed by atoms with Crippen molar-refractivity contribution < 1.29 is 29.3 Å². The minimum atomic E-state index is -1.12. The molecule has 1 atom stereocenters. The molecule has 438 valence electrons. The Hall–Kier alpha value is -1.40. The minimum Gasteiger partial charge on any atom is -0.465 e. The molecular formula is C68H130O6. The normalized spacial score (nSPS) is 15.1. The van der Waals surface area contributed by atoms with Gasteiger partial charge in [-0.1, -0.05) is 353 Å². The first-order valence-electron chi connectivity index (χ1n) is 33.8. The number of ether oxygens (including phenoxy) is 2. The van der Waals surface area contributed by atoms with Gasteiger partial charge in [-0.05, 0) is 25.7 Å². The summed E-state index contributed by atoms with van der Waals surface area (Å²) in [6, 6.07) is 0. The van der Waals surface area contributed by atoms with E-state index in [1.807, 2.05) is 0 Å². The van der Waals surface area contributed by atoms with Gasteiger partial charge in [0, 0.05) is 0 Å². The number of carbonyl (C=O) groups is 2. The predicted molar refractivity (Wildman–Crippen MR) is 320 cm³/mol. The average Bonchev–Trinajstić information content (AvgIpc) is 3.47. The van der Waals surface area contributed by atoms with Crippen molar-refractivity contribution >= 4 is 11.9 Å². The zero-order valence-electron chi connectivity index (χ0n) is 49.9. The molecule has 0 amide bonds. The van der Waals surface area contributed by atoms with Crippen LogP contribution < -0.4 is 0 Å². The quantitative estimate of drug-likeness (QED) is 0.0358. The average molecular weight is 1040 g/mol. The largest absolute Gasteiger partial charge is 0.465 e. The van der Waals surface area contributed by atoms with Crippen LogP contribution in [-0.2, 0) is 19.1 Å². The maximum absolute atomic E-state index is 12.6. The van der Waals surface area contributed by atoms with Gasteiger partial charge in [-0.2, -0.15) is 0 Å². The number of allylic oxidation sites excluding steroid dienone is 2. The summed E-state index contributed by atoms with van der Waals surface area (Å²) in [4.78, 5) is 24.8. The van der Waals surface area contributed by atoms with E-state index in [1.54, 1.807) is 0 Å². The molecule has 0 aromatic carbocycles. The SMILES string of the molecule is CCCC/C=C/CCCCCCCCCCCCCCCCCCCCCCCCCCCCCCCCCCCCCCCCCCCCCCCCCCCCCC1CC(=O)OCC(CO)(CO)COC1=O. The van der Waals surface area contributed by atoms with Crippen LogP contribution in [0.5, 0.6) is 0 Å². The van der Waals surface area contributed by atoms with Gasteiger partial charge in [0.25, 0.3) is 0 Å². The molecule has 1 rings (SSSR count). The maximum atomic E-state index is 12.6. The lowest BCUT2D eigenvalue weighted by molar-refractivity contribution is -0.155. The third-order valence-corrected chi connectivity index (χ3v) is 16.8. The molecule has 1 unspecified atom stereocenters. The van der Waals surface area contributed by atoms with Crippen LogP contribution in [0.4, 0.5) is 0 Å². The van der Waals surface area contributed by atoms with E-state index in [-0.39, 0.29) is 19.6 Å². The second-order valence-corrected chi connectivity index (χ2v) is 24.2. The van der Waals surface area contributed by atoms with Crippen molar-refractivity contribution in [1.29, 1.82) is 0 Å². The monoisotopic (exact) mass is 1040 g/mol. The van der Waals surface area contributed by atoms with Gasteiger partial charge in [-0.15, -0.1) is 0 Å². The van der Waals surface area contributed by atoms with Crippen molar-refractivity contribution in [1.82, 2.24) is 0 Å². The highest BCUT2D eigenvalue weighted by molar-refractivity contribution is 5.80. The number of aliphatic hydroxyl groups is 2. The summed E-state index contributed by atoms with van der Waals surface area (Å²) in [5.41, 5.74) is -1.12. The van der Waals surface area contributed by atoms with Gasteiger partial charge in [0.15, 0.2) is 0 Å². The van der Waals surface area contributed by atoms with Gasteiger partial charge in [0.2, 0.25) is 0 Å². The molecule has 6 heteroatoms. The molecule has 0 bridgehead atoms. The summed E-state index contributed by atoms with van der Waals surface area (Å²) >= 11 is 0. The van der Waals surface area contributed by atoms with Crippen molar-refractivity contribution in [2.45, 2.75) is 373 Å². The Kier molecular flexibility index (Phi) is 55.1. The highest BCUT2D eigenvalue weighted by atomic mass is 16.6. The Bertz CT molecular complexity index is 1160. The fourth-order valence-electron chi connectivity index (χ4n) is 11.3. The molecule has 1 aliphatic rings. The molecule has 0 aliphatic carbocycles. The summed E-state index contributed by atoms with van der Waals surface area (Å²) in [6.07, 6.45) is 83.2. The summed E-state index contributed by atoms with van der Waals surface area (Å²) in [5.74, 6) is -1.40. The number of aliphatic hydroxyl groups excluding tert-OH is 2. The Morgan fingerprint density at radius 3 is 0.838 bits per heavy atom. The molecule has 1 saturated heterocycles. The van der Waals surface area contributed by atoms with E-state index in [0.717, 1.165) is 19.3 Å². The molecular weight excluding hydrogens is 913 g/mol. The number of hydrogen-bond donors (Lipinski definition) is 2. The third-order valence-electron chi connectivity index (χ3n) is 16.8. The molecule has 1 aliphatic heterocycles. The van der Waals surface area contributed by atoms with E-state index >= 15 is 0 Å². The smallest absolute Gasteiger partial charge is 0.309 e. The molecule has 0 radical (unpaired) electrons. The topological polar surface area (TPSA) is 93.1 Å². The molecule has 0 aromatic heterocycles. The van der Waals surface area contributed by atoms with Gasteiger partial charge in [-0.25, -0.2) is 0 Å². The Balaban J connectivity index is 1.66.